The van der Waals surface area contributed by atoms with Crippen LogP contribution >= 0.6 is 0 Å². The smallest absolute Gasteiger partial charge is 0.329 e. The summed E-state index contributed by atoms with van der Waals surface area (Å²) in [5, 5.41) is 13.3. The number of ether oxygens (including phenoxy) is 1. The van der Waals surface area contributed by atoms with Crippen molar-refractivity contribution in [3.05, 3.63) is 29.8 Å². The van der Waals surface area contributed by atoms with Gasteiger partial charge in [-0.3, -0.25) is 9.59 Å². The molecule has 1 rings (SSSR count). The molecule has 0 saturated carbocycles. The number of amides is 2. The predicted molar refractivity (Wildman–Crippen MR) is 66.9 cm³/mol. The number of anilines is 1. The Bertz CT molecular complexity index is 487. The summed E-state index contributed by atoms with van der Waals surface area (Å²) in [4.78, 5) is 33.3. The lowest BCUT2D eigenvalue weighted by molar-refractivity contribution is -0.143. The summed E-state index contributed by atoms with van der Waals surface area (Å²) in [6, 6.07) is 6.47. The molecule has 102 valence electrons. The Morgan fingerprint density at radius 2 is 1.89 bits per heavy atom. The van der Waals surface area contributed by atoms with Crippen LogP contribution in [0.4, 0.5) is 5.69 Å². The molecule has 0 spiro atoms. The molecule has 0 radical (unpaired) electrons. The highest BCUT2D eigenvalue weighted by Crippen LogP contribution is 2.14. The van der Waals surface area contributed by atoms with Crippen LogP contribution in [0, 0.1) is 0 Å². The zero-order valence-corrected chi connectivity index (χ0v) is 10.3. The van der Waals surface area contributed by atoms with Crippen molar-refractivity contribution in [3.63, 3.8) is 0 Å². The first-order chi connectivity index (χ1) is 9.04. The molecule has 0 aliphatic carbocycles. The van der Waals surface area contributed by atoms with Crippen molar-refractivity contribution in [2.24, 2.45) is 0 Å². The van der Waals surface area contributed by atoms with Gasteiger partial charge in [0.2, 0.25) is 5.91 Å². The Balaban J connectivity index is 2.64. The summed E-state index contributed by atoms with van der Waals surface area (Å²) in [7, 11) is 1.48. The highest BCUT2D eigenvalue weighted by molar-refractivity contribution is 6.03. The summed E-state index contributed by atoms with van der Waals surface area (Å²) < 4.78 is 4.64. The number of benzene rings is 1. The van der Waals surface area contributed by atoms with Crippen LogP contribution in [0.2, 0.25) is 0 Å². The van der Waals surface area contributed by atoms with Gasteiger partial charge in [0.25, 0.3) is 5.91 Å². The van der Waals surface area contributed by atoms with E-state index in [1.165, 1.54) is 7.05 Å². The van der Waals surface area contributed by atoms with E-state index in [1.807, 2.05) is 0 Å². The number of aliphatic carboxylic acids is 1. The van der Waals surface area contributed by atoms with Gasteiger partial charge >= 0.3 is 5.97 Å². The molecule has 0 atom stereocenters. The van der Waals surface area contributed by atoms with Gasteiger partial charge in [-0.25, -0.2) is 4.79 Å². The fraction of sp³-hybridized carbons (Fsp3) is 0.250. The third-order valence-corrected chi connectivity index (χ3v) is 2.13. The van der Waals surface area contributed by atoms with Gasteiger partial charge < -0.3 is 20.5 Å². The Morgan fingerprint density at radius 3 is 2.53 bits per heavy atom. The molecule has 0 fully saturated rings. The number of hydrogen-bond donors (Lipinski definition) is 3. The monoisotopic (exact) mass is 266 g/mol. The first-order valence-electron chi connectivity index (χ1n) is 5.45. The van der Waals surface area contributed by atoms with E-state index < -0.39 is 25.1 Å². The van der Waals surface area contributed by atoms with Gasteiger partial charge in [-0.2, -0.15) is 0 Å². The molecule has 0 aromatic heterocycles. The van der Waals surface area contributed by atoms with Crippen molar-refractivity contribution in [3.8, 4) is 0 Å². The van der Waals surface area contributed by atoms with Crippen molar-refractivity contribution >= 4 is 23.5 Å². The zero-order chi connectivity index (χ0) is 14.3. The lowest BCUT2D eigenvalue weighted by Crippen LogP contribution is -2.24. The van der Waals surface area contributed by atoms with Crippen LogP contribution in [0.15, 0.2) is 24.3 Å². The molecule has 7 heteroatoms. The first-order valence-corrected chi connectivity index (χ1v) is 5.45. The van der Waals surface area contributed by atoms with Crippen molar-refractivity contribution in [1.29, 1.82) is 0 Å². The van der Waals surface area contributed by atoms with Crippen LogP contribution < -0.4 is 10.6 Å². The van der Waals surface area contributed by atoms with E-state index in [0.29, 0.717) is 11.3 Å². The van der Waals surface area contributed by atoms with Crippen molar-refractivity contribution in [1.82, 2.24) is 5.32 Å². The average molecular weight is 266 g/mol. The number of carbonyl (C=O) groups is 3. The van der Waals surface area contributed by atoms with E-state index in [0.717, 1.165) is 0 Å². The Hall–Kier alpha value is -2.41. The number of hydrogen-bond acceptors (Lipinski definition) is 4. The minimum absolute atomic E-state index is 0.316. The molecule has 1 aromatic carbocycles. The van der Waals surface area contributed by atoms with Crippen molar-refractivity contribution in [2.75, 3.05) is 25.6 Å². The van der Waals surface area contributed by atoms with Crippen LogP contribution in [0.1, 0.15) is 10.4 Å². The third-order valence-electron chi connectivity index (χ3n) is 2.13. The molecule has 0 bridgehead atoms. The summed E-state index contributed by atoms with van der Waals surface area (Å²) in [5.74, 6) is -2.02. The number of carboxylic acids is 1. The predicted octanol–water partition coefficient (Wildman–Crippen LogP) is 0.0859. The molecule has 2 amide bonds. The molecule has 3 N–H and O–H groups in total. The maximum Gasteiger partial charge on any atom is 0.329 e. The van der Waals surface area contributed by atoms with Crippen LogP contribution in [0.5, 0.6) is 0 Å². The quantitative estimate of drug-likeness (QED) is 0.676. The molecule has 19 heavy (non-hydrogen) atoms. The second-order valence-corrected chi connectivity index (χ2v) is 3.56. The minimum Gasteiger partial charge on any atom is -0.480 e. The summed E-state index contributed by atoms with van der Waals surface area (Å²) >= 11 is 0. The van der Waals surface area contributed by atoms with E-state index in [9.17, 15) is 14.4 Å². The molecular weight excluding hydrogens is 252 g/mol. The number of nitrogens with one attached hydrogen (secondary N) is 2. The molecule has 1 aromatic rings. The number of carboxylic acid groups (broad SMARTS) is 1. The first kappa shape index (κ1) is 14.7. The van der Waals surface area contributed by atoms with Crippen LogP contribution in [-0.4, -0.2) is 43.2 Å². The maximum absolute atomic E-state index is 11.5. The van der Waals surface area contributed by atoms with Gasteiger partial charge in [0.05, 0.1) is 11.3 Å². The van der Waals surface area contributed by atoms with Gasteiger partial charge in [0.15, 0.2) is 0 Å². The Labute approximate surface area is 109 Å². The molecule has 7 nitrogen and oxygen atoms in total. The summed E-state index contributed by atoms with van der Waals surface area (Å²) in [6.07, 6.45) is 0. The van der Waals surface area contributed by atoms with E-state index in [-0.39, 0.29) is 5.91 Å². The second-order valence-electron chi connectivity index (χ2n) is 3.56. The Kier molecular flexibility index (Phi) is 5.49. The number of para-hydroxylation sites is 1. The van der Waals surface area contributed by atoms with E-state index in [4.69, 9.17) is 5.11 Å². The Morgan fingerprint density at radius 1 is 1.21 bits per heavy atom. The van der Waals surface area contributed by atoms with Gasteiger partial charge in [-0.05, 0) is 12.1 Å². The third kappa shape index (κ3) is 4.76. The molecule has 0 unspecified atom stereocenters. The fourth-order valence-electron chi connectivity index (χ4n) is 1.34. The number of rotatable bonds is 6. The highest BCUT2D eigenvalue weighted by atomic mass is 16.5. The lowest BCUT2D eigenvalue weighted by atomic mass is 10.1. The van der Waals surface area contributed by atoms with Crippen LogP contribution in [0.25, 0.3) is 0 Å². The summed E-state index contributed by atoms with van der Waals surface area (Å²) in [6.45, 7) is -0.946. The number of carbonyl (C=O) groups excluding carboxylic acids is 2. The molecule has 0 aliphatic rings. The van der Waals surface area contributed by atoms with Crippen molar-refractivity contribution in [2.45, 2.75) is 0 Å². The van der Waals surface area contributed by atoms with Crippen LogP contribution in [-0.2, 0) is 14.3 Å². The van der Waals surface area contributed by atoms with E-state index in [2.05, 4.69) is 15.4 Å². The normalized spacial score (nSPS) is 9.74. The highest BCUT2D eigenvalue weighted by Gasteiger charge is 2.11. The maximum atomic E-state index is 11.5. The molecule has 0 aliphatic heterocycles. The molecule has 0 heterocycles. The largest absolute Gasteiger partial charge is 0.480 e. The zero-order valence-electron chi connectivity index (χ0n) is 10.3. The minimum atomic E-state index is -1.15. The second kappa shape index (κ2) is 7.12. The van der Waals surface area contributed by atoms with Crippen LogP contribution in [0.3, 0.4) is 0 Å². The van der Waals surface area contributed by atoms with Gasteiger partial charge in [-0.15, -0.1) is 0 Å². The SMILES string of the molecule is CNC(=O)c1ccccc1NC(=O)COCC(=O)O. The van der Waals surface area contributed by atoms with Gasteiger partial charge in [-0.1, -0.05) is 12.1 Å². The van der Waals surface area contributed by atoms with Gasteiger partial charge in [0, 0.05) is 7.05 Å². The molecule has 0 saturated heterocycles. The molecular formula is C12H14N2O5. The standard InChI is InChI=1S/C12H14N2O5/c1-13-12(18)8-4-2-3-5-9(8)14-10(15)6-19-7-11(16)17/h2-5H,6-7H2,1H3,(H,13,18)(H,14,15)(H,16,17). The lowest BCUT2D eigenvalue weighted by Gasteiger charge is -2.09. The van der Waals surface area contributed by atoms with Crippen molar-refractivity contribution < 1.29 is 24.2 Å². The fourth-order valence-corrected chi connectivity index (χ4v) is 1.34. The summed E-state index contributed by atoms with van der Waals surface area (Å²) in [5.41, 5.74) is 0.655. The van der Waals surface area contributed by atoms with E-state index in [1.54, 1.807) is 24.3 Å². The van der Waals surface area contributed by atoms with E-state index >= 15 is 0 Å². The van der Waals surface area contributed by atoms with Gasteiger partial charge in [0.1, 0.15) is 13.2 Å². The topological polar surface area (TPSA) is 105 Å². The average Bonchev–Trinajstić information content (AvgIpc) is 2.38.